The van der Waals surface area contributed by atoms with Gasteiger partial charge in [0, 0.05) is 0 Å². The lowest BCUT2D eigenvalue weighted by molar-refractivity contribution is 0.0535. The average Bonchev–Trinajstić information content (AvgIpc) is 2.35. The minimum atomic E-state index is -0.903. The first-order valence-corrected chi connectivity index (χ1v) is 4.77. The summed E-state index contributed by atoms with van der Waals surface area (Å²) < 4.78 is 9.70. The van der Waals surface area contributed by atoms with Crippen LogP contribution in [0, 0.1) is 0 Å². The highest BCUT2D eigenvalue weighted by atomic mass is 16.5. The van der Waals surface area contributed by atoms with Gasteiger partial charge in [0.2, 0.25) is 0 Å². The van der Waals surface area contributed by atoms with E-state index < -0.39 is 12.1 Å². The number of aliphatic hydroxyl groups excluding tert-OH is 2. The van der Waals surface area contributed by atoms with Gasteiger partial charge in [-0.25, -0.2) is 4.79 Å². The van der Waals surface area contributed by atoms with Gasteiger partial charge in [0.1, 0.15) is 18.5 Å². The summed E-state index contributed by atoms with van der Waals surface area (Å²) in [6, 6.07) is 6.31. The minimum Gasteiger partial charge on any atom is -0.491 e. The van der Waals surface area contributed by atoms with Gasteiger partial charge in [-0.2, -0.15) is 0 Å². The molecular weight excluding hydrogens is 212 g/mol. The van der Waals surface area contributed by atoms with Crippen LogP contribution in [0.4, 0.5) is 0 Å². The van der Waals surface area contributed by atoms with Crippen molar-refractivity contribution in [3.8, 4) is 5.75 Å². The van der Waals surface area contributed by atoms with Crippen LogP contribution in [0.5, 0.6) is 5.75 Å². The average molecular weight is 226 g/mol. The van der Waals surface area contributed by atoms with E-state index in [2.05, 4.69) is 4.74 Å². The Bertz CT molecular complexity index is 333. The molecule has 0 aliphatic carbocycles. The van der Waals surface area contributed by atoms with Crippen molar-refractivity contribution in [2.75, 3.05) is 20.3 Å². The van der Waals surface area contributed by atoms with Crippen LogP contribution >= 0.6 is 0 Å². The molecule has 0 radical (unpaired) electrons. The summed E-state index contributed by atoms with van der Waals surface area (Å²) in [6.45, 7) is -0.339. The normalized spacial score (nSPS) is 11.9. The summed E-state index contributed by atoms with van der Waals surface area (Å²) in [6.07, 6.45) is -0.903. The van der Waals surface area contributed by atoms with Crippen molar-refractivity contribution in [2.24, 2.45) is 0 Å². The van der Waals surface area contributed by atoms with Gasteiger partial charge in [0.25, 0.3) is 0 Å². The van der Waals surface area contributed by atoms with Crippen molar-refractivity contribution < 1.29 is 24.5 Å². The number of hydrogen-bond donors (Lipinski definition) is 2. The SMILES string of the molecule is COC(=O)c1ccc(OC[C@H](O)CO)cc1. The molecule has 0 aliphatic heterocycles. The van der Waals surface area contributed by atoms with Crippen molar-refractivity contribution in [3.05, 3.63) is 29.8 Å². The number of hydrogen-bond acceptors (Lipinski definition) is 5. The number of ether oxygens (including phenoxy) is 2. The molecule has 16 heavy (non-hydrogen) atoms. The van der Waals surface area contributed by atoms with Gasteiger partial charge in [-0.1, -0.05) is 0 Å². The first kappa shape index (κ1) is 12.5. The maximum absolute atomic E-state index is 11.1. The maximum Gasteiger partial charge on any atom is 0.337 e. The van der Waals surface area contributed by atoms with Crippen molar-refractivity contribution in [3.63, 3.8) is 0 Å². The number of rotatable bonds is 5. The molecule has 0 heterocycles. The number of carbonyl (C=O) groups excluding carboxylic acids is 1. The van der Waals surface area contributed by atoms with Crippen LogP contribution in [-0.2, 0) is 4.74 Å². The molecule has 0 spiro atoms. The van der Waals surface area contributed by atoms with Gasteiger partial charge in [-0.05, 0) is 24.3 Å². The van der Waals surface area contributed by atoms with Crippen LogP contribution in [0.15, 0.2) is 24.3 Å². The Morgan fingerprint density at radius 1 is 1.38 bits per heavy atom. The maximum atomic E-state index is 11.1. The van der Waals surface area contributed by atoms with E-state index in [1.165, 1.54) is 7.11 Å². The van der Waals surface area contributed by atoms with Crippen LogP contribution in [0.1, 0.15) is 10.4 Å². The highest BCUT2D eigenvalue weighted by Gasteiger charge is 2.06. The van der Waals surface area contributed by atoms with Crippen LogP contribution in [0.2, 0.25) is 0 Å². The van der Waals surface area contributed by atoms with Gasteiger partial charge < -0.3 is 19.7 Å². The smallest absolute Gasteiger partial charge is 0.337 e. The number of esters is 1. The van der Waals surface area contributed by atoms with E-state index in [0.717, 1.165) is 0 Å². The fourth-order valence-corrected chi connectivity index (χ4v) is 1.05. The van der Waals surface area contributed by atoms with Gasteiger partial charge in [-0.3, -0.25) is 0 Å². The van der Waals surface area contributed by atoms with E-state index in [0.29, 0.717) is 11.3 Å². The third-order valence-corrected chi connectivity index (χ3v) is 1.93. The van der Waals surface area contributed by atoms with Gasteiger partial charge in [0.15, 0.2) is 0 Å². The zero-order valence-corrected chi connectivity index (χ0v) is 8.92. The molecule has 0 saturated carbocycles. The number of carbonyl (C=O) groups is 1. The second kappa shape index (κ2) is 6.09. The quantitative estimate of drug-likeness (QED) is 0.702. The summed E-state index contributed by atoms with van der Waals surface area (Å²) in [5.41, 5.74) is 0.428. The lowest BCUT2D eigenvalue weighted by Crippen LogP contribution is -2.21. The Morgan fingerprint density at radius 3 is 2.50 bits per heavy atom. The van der Waals surface area contributed by atoms with Crippen LogP contribution in [-0.4, -0.2) is 42.6 Å². The molecule has 88 valence electrons. The first-order valence-electron chi connectivity index (χ1n) is 4.77. The fraction of sp³-hybridized carbons (Fsp3) is 0.364. The number of benzene rings is 1. The lowest BCUT2D eigenvalue weighted by atomic mass is 10.2. The second-order valence-electron chi connectivity index (χ2n) is 3.16. The van der Waals surface area contributed by atoms with Gasteiger partial charge in [0.05, 0.1) is 19.3 Å². The predicted octanol–water partition coefficient (Wildman–Crippen LogP) is 0.205. The fourth-order valence-electron chi connectivity index (χ4n) is 1.05. The number of methoxy groups -OCH3 is 1. The largest absolute Gasteiger partial charge is 0.491 e. The highest BCUT2D eigenvalue weighted by Crippen LogP contribution is 2.12. The third-order valence-electron chi connectivity index (χ3n) is 1.93. The molecular formula is C11H14O5. The molecule has 2 N–H and O–H groups in total. The molecule has 1 rings (SSSR count). The molecule has 1 atom stereocenters. The van der Waals surface area contributed by atoms with E-state index >= 15 is 0 Å². The van der Waals surface area contributed by atoms with Crippen molar-refractivity contribution in [1.29, 1.82) is 0 Å². The highest BCUT2D eigenvalue weighted by molar-refractivity contribution is 5.89. The summed E-state index contributed by atoms with van der Waals surface area (Å²) in [5.74, 6) is 0.0992. The third kappa shape index (κ3) is 3.52. The molecule has 0 bridgehead atoms. The van der Waals surface area contributed by atoms with Crippen LogP contribution < -0.4 is 4.74 Å². The summed E-state index contributed by atoms with van der Waals surface area (Å²) in [7, 11) is 1.31. The molecule has 1 aromatic carbocycles. The Kier molecular flexibility index (Phi) is 4.75. The van der Waals surface area contributed by atoms with E-state index in [1.54, 1.807) is 24.3 Å². The lowest BCUT2D eigenvalue weighted by Gasteiger charge is -2.09. The second-order valence-corrected chi connectivity index (χ2v) is 3.16. The van der Waals surface area contributed by atoms with Crippen LogP contribution in [0.25, 0.3) is 0 Å². The summed E-state index contributed by atoms with van der Waals surface area (Å²) >= 11 is 0. The monoisotopic (exact) mass is 226 g/mol. The molecule has 5 nitrogen and oxygen atoms in total. The summed E-state index contributed by atoms with van der Waals surface area (Å²) in [5, 5.41) is 17.6. The molecule has 0 amide bonds. The van der Waals surface area contributed by atoms with Crippen molar-refractivity contribution >= 4 is 5.97 Å². The Labute approximate surface area is 93.2 Å². The van der Waals surface area contributed by atoms with Gasteiger partial charge >= 0.3 is 5.97 Å². The molecule has 0 fully saturated rings. The summed E-state index contributed by atoms with van der Waals surface area (Å²) in [4.78, 5) is 11.1. The van der Waals surface area contributed by atoms with Gasteiger partial charge in [-0.15, -0.1) is 0 Å². The zero-order valence-electron chi connectivity index (χ0n) is 8.92. The predicted molar refractivity (Wildman–Crippen MR) is 56.4 cm³/mol. The molecule has 0 aliphatic rings. The minimum absolute atomic E-state index is 0.00801. The van der Waals surface area contributed by atoms with Crippen molar-refractivity contribution in [2.45, 2.75) is 6.10 Å². The Hall–Kier alpha value is -1.59. The first-order chi connectivity index (χ1) is 7.67. The topological polar surface area (TPSA) is 76.0 Å². The zero-order chi connectivity index (χ0) is 12.0. The molecule has 0 unspecified atom stereocenters. The van der Waals surface area contributed by atoms with E-state index in [4.69, 9.17) is 14.9 Å². The van der Waals surface area contributed by atoms with E-state index in [1.807, 2.05) is 0 Å². The van der Waals surface area contributed by atoms with E-state index in [-0.39, 0.29) is 13.2 Å². The van der Waals surface area contributed by atoms with Crippen LogP contribution in [0.3, 0.4) is 0 Å². The van der Waals surface area contributed by atoms with E-state index in [9.17, 15) is 4.79 Å². The van der Waals surface area contributed by atoms with Crippen molar-refractivity contribution in [1.82, 2.24) is 0 Å². The Balaban J connectivity index is 2.54. The molecule has 1 aromatic rings. The molecule has 5 heteroatoms. The molecule has 0 aromatic heterocycles. The Morgan fingerprint density at radius 2 is 2.00 bits per heavy atom. The standard InChI is InChI=1S/C11H14O5/c1-15-11(14)8-2-4-10(5-3-8)16-7-9(13)6-12/h2-5,9,12-13H,6-7H2,1H3/t9-/m1/s1. The molecule has 0 saturated heterocycles. The number of aliphatic hydroxyl groups is 2.